The summed E-state index contributed by atoms with van der Waals surface area (Å²) in [4.78, 5) is 25.4. The van der Waals surface area contributed by atoms with Crippen LogP contribution in [-0.2, 0) is 26.2 Å². The van der Waals surface area contributed by atoms with Gasteiger partial charge in [0.1, 0.15) is 6.61 Å². The van der Waals surface area contributed by atoms with Crippen molar-refractivity contribution in [2.24, 2.45) is 0 Å². The number of nitrogens with zero attached hydrogens (tertiary/aromatic N) is 2. The molecule has 8 nitrogen and oxygen atoms in total. The minimum atomic E-state index is -3.76. The molecule has 4 rings (SSSR count). The van der Waals surface area contributed by atoms with Gasteiger partial charge in [-0.1, -0.05) is 29.8 Å². The van der Waals surface area contributed by atoms with Crippen LogP contribution >= 0.6 is 11.6 Å². The number of hydrogen-bond acceptors (Lipinski definition) is 5. The second kappa shape index (κ2) is 8.49. The zero-order chi connectivity index (χ0) is 22.2. The molecule has 0 bridgehead atoms. The predicted molar refractivity (Wildman–Crippen MR) is 117 cm³/mol. The maximum absolute atomic E-state index is 13.1. The Labute approximate surface area is 185 Å². The molecule has 1 fully saturated rings. The molecule has 0 unspecified atom stereocenters. The zero-order valence-electron chi connectivity index (χ0n) is 16.9. The summed E-state index contributed by atoms with van der Waals surface area (Å²) in [5.41, 5.74) is 2.11. The van der Waals surface area contributed by atoms with E-state index in [2.05, 4.69) is 5.32 Å². The highest BCUT2D eigenvalue weighted by Gasteiger charge is 2.37. The predicted octanol–water partition coefficient (Wildman–Crippen LogP) is 3.61. The highest BCUT2D eigenvalue weighted by Crippen LogP contribution is 2.33. The maximum Gasteiger partial charge on any atom is 0.414 e. The van der Waals surface area contributed by atoms with Crippen molar-refractivity contribution in [1.29, 1.82) is 0 Å². The second-order valence-corrected chi connectivity index (χ2v) is 9.86. The number of rotatable bonds is 4. The number of amides is 2. The first-order chi connectivity index (χ1) is 14.8. The number of piperidine rings is 1. The lowest BCUT2D eigenvalue weighted by atomic mass is 10.0. The topological polar surface area (TPSA) is 96.0 Å². The normalized spacial score (nSPS) is 17.7. The van der Waals surface area contributed by atoms with Crippen LogP contribution in [0, 0.1) is 0 Å². The van der Waals surface area contributed by atoms with Crippen molar-refractivity contribution in [1.82, 2.24) is 4.31 Å². The Bertz CT molecular complexity index is 1130. The highest BCUT2D eigenvalue weighted by atomic mass is 35.5. The molecule has 0 aliphatic carbocycles. The van der Waals surface area contributed by atoms with Gasteiger partial charge in [0.2, 0.25) is 15.9 Å². The van der Waals surface area contributed by atoms with Crippen molar-refractivity contribution in [2.45, 2.75) is 37.3 Å². The Balaban J connectivity index is 1.49. The number of carbonyl (C=O) groups excluding carboxylic acids is 2. The summed E-state index contributed by atoms with van der Waals surface area (Å²) in [5.74, 6) is -0.294. The molecule has 0 saturated carbocycles. The first-order valence-corrected chi connectivity index (χ1v) is 11.7. The van der Waals surface area contributed by atoms with Crippen LogP contribution in [0.1, 0.15) is 25.3 Å². The van der Waals surface area contributed by atoms with Gasteiger partial charge < -0.3 is 10.1 Å². The molecule has 2 aromatic carbocycles. The largest absolute Gasteiger partial charge is 0.444 e. The molecule has 0 aromatic heterocycles. The molecule has 31 heavy (non-hydrogen) atoms. The zero-order valence-corrected chi connectivity index (χ0v) is 18.4. The number of fused-ring (bicyclic) bond motifs is 1. The third-order valence-corrected chi connectivity index (χ3v) is 7.68. The van der Waals surface area contributed by atoms with E-state index in [0.717, 1.165) is 11.3 Å². The number of ether oxygens (including phenoxy) is 1. The van der Waals surface area contributed by atoms with Crippen molar-refractivity contribution < 1.29 is 22.7 Å². The van der Waals surface area contributed by atoms with Gasteiger partial charge in [-0.25, -0.2) is 13.2 Å². The van der Waals surface area contributed by atoms with Crippen molar-refractivity contribution in [2.75, 3.05) is 23.3 Å². The van der Waals surface area contributed by atoms with Crippen LogP contribution in [0.25, 0.3) is 0 Å². The summed E-state index contributed by atoms with van der Waals surface area (Å²) in [5, 5.41) is 2.71. The number of cyclic esters (lactones) is 1. The number of halogens is 1. The lowest BCUT2D eigenvalue weighted by Crippen LogP contribution is -2.50. The van der Waals surface area contributed by atoms with Crippen molar-refractivity contribution in [3.63, 3.8) is 0 Å². The Morgan fingerprint density at radius 1 is 1.16 bits per heavy atom. The molecule has 2 aliphatic heterocycles. The van der Waals surface area contributed by atoms with E-state index in [4.69, 9.17) is 16.3 Å². The maximum atomic E-state index is 13.1. The van der Waals surface area contributed by atoms with Gasteiger partial charge in [-0.15, -0.1) is 0 Å². The van der Waals surface area contributed by atoms with Gasteiger partial charge in [-0.2, -0.15) is 4.31 Å². The third kappa shape index (κ3) is 4.26. The van der Waals surface area contributed by atoms with Crippen LogP contribution in [0.3, 0.4) is 0 Å². The summed E-state index contributed by atoms with van der Waals surface area (Å²) in [6.45, 7) is 2.13. The van der Waals surface area contributed by atoms with Crippen LogP contribution < -0.4 is 10.2 Å². The number of para-hydroxylation sites is 1. The molecule has 2 amide bonds. The SMILES string of the molecule is CC(=O)Nc1ccc(S(=O)(=O)N2CCC(N3C(=O)OCc4ccccc43)CC2)cc1Cl. The number of carbonyl (C=O) groups is 2. The van der Waals surface area contributed by atoms with Gasteiger partial charge in [-0.3, -0.25) is 9.69 Å². The van der Waals surface area contributed by atoms with Gasteiger partial charge in [0.25, 0.3) is 0 Å². The summed E-state index contributed by atoms with van der Waals surface area (Å²) in [6.07, 6.45) is 0.571. The molecule has 164 valence electrons. The molecule has 1 N–H and O–H groups in total. The van der Waals surface area contributed by atoms with Gasteiger partial charge in [0.05, 0.1) is 21.3 Å². The molecule has 0 atom stereocenters. The number of nitrogens with one attached hydrogen (secondary N) is 1. The van der Waals surface area contributed by atoms with Crippen LogP contribution in [0.2, 0.25) is 5.02 Å². The van der Waals surface area contributed by atoms with Gasteiger partial charge in [0, 0.05) is 31.6 Å². The van der Waals surface area contributed by atoms with E-state index in [-0.39, 0.29) is 41.6 Å². The number of benzene rings is 2. The van der Waals surface area contributed by atoms with E-state index in [9.17, 15) is 18.0 Å². The van der Waals surface area contributed by atoms with Gasteiger partial charge in [-0.05, 0) is 37.1 Å². The van der Waals surface area contributed by atoms with Crippen molar-refractivity contribution in [3.8, 4) is 0 Å². The fourth-order valence-electron chi connectivity index (χ4n) is 3.96. The van der Waals surface area contributed by atoms with E-state index < -0.39 is 16.1 Å². The quantitative estimate of drug-likeness (QED) is 0.747. The van der Waals surface area contributed by atoms with Crippen LogP contribution in [0.5, 0.6) is 0 Å². The van der Waals surface area contributed by atoms with E-state index in [0.29, 0.717) is 18.5 Å². The third-order valence-electron chi connectivity index (χ3n) is 5.48. The first-order valence-electron chi connectivity index (χ1n) is 9.88. The molecule has 2 aliphatic rings. The molecule has 1 saturated heterocycles. The Hall–Kier alpha value is -2.62. The molecule has 10 heteroatoms. The molecule has 0 spiro atoms. The van der Waals surface area contributed by atoms with Crippen molar-refractivity contribution >= 4 is 45.0 Å². The smallest absolute Gasteiger partial charge is 0.414 e. The van der Waals surface area contributed by atoms with Crippen LogP contribution in [-0.4, -0.2) is 43.9 Å². The second-order valence-electron chi connectivity index (χ2n) is 7.51. The average molecular weight is 464 g/mol. The van der Waals surface area contributed by atoms with E-state index in [1.54, 1.807) is 4.90 Å². The van der Waals surface area contributed by atoms with Gasteiger partial charge >= 0.3 is 6.09 Å². The summed E-state index contributed by atoms with van der Waals surface area (Å²) in [6, 6.07) is 11.7. The minimum Gasteiger partial charge on any atom is -0.444 e. The molecular weight excluding hydrogens is 442 g/mol. The highest BCUT2D eigenvalue weighted by molar-refractivity contribution is 7.89. The summed E-state index contributed by atoms with van der Waals surface area (Å²) >= 11 is 6.15. The fourth-order valence-corrected chi connectivity index (χ4v) is 5.75. The van der Waals surface area contributed by atoms with E-state index in [1.807, 2.05) is 24.3 Å². The Kier molecular flexibility index (Phi) is 5.92. The molecular formula is C21H22ClN3O5S. The average Bonchev–Trinajstić information content (AvgIpc) is 2.75. The fraction of sp³-hybridized carbons (Fsp3) is 0.333. The van der Waals surface area contributed by atoms with Gasteiger partial charge in [0.15, 0.2) is 0 Å². The lowest BCUT2D eigenvalue weighted by Gasteiger charge is -2.39. The molecule has 2 aromatic rings. The standard InChI is InChI=1S/C21H22ClN3O5S/c1-14(26)23-19-7-6-17(12-18(19)22)31(28,29)24-10-8-16(9-11-24)25-20-5-3-2-4-15(20)13-30-21(25)27/h2-7,12,16H,8-11,13H2,1H3,(H,23,26). The van der Waals surface area contributed by atoms with E-state index >= 15 is 0 Å². The Morgan fingerprint density at radius 3 is 2.55 bits per heavy atom. The van der Waals surface area contributed by atoms with Crippen LogP contribution in [0.15, 0.2) is 47.4 Å². The number of anilines is 2. The first kappa shape index (κ1) is 21.6. The lowest BCUT2D eigenvalue weighted by molar-refractivity contribution is -0.114. The molecule has 0 radical (unpaired) electrons. The summed E-state index contributed by atoms with van der Waals surface area (Å²) < 4.78 is 32.9. The van der Waals surface area contributed by atoms with E-state index in [1.165, 1.54) is 29.4 Å². The number of hydrogen-bond donors (Lipinski definition) is 1. The number of sulfonamides is 1. The monoisotopic (exact) mass is 463 g/mol. The summed E-state index contributed by atoms with van der Waals surface area (Å²) in [7, 11) is -3.76. The molecule has 2 heterocycles. The Morgan fingerprint density at radius 2 is 1.87 bits per heavy atom. The van der Waals surface area contributed by atoms with Crippen molar-refractivity contribution in [3.05, 3.63) is 53.1 Å². The minimum absolute atomic E-state index is 0.0628. The van der Waals surface area contributed by atoms with Crippen LogP contribution in [0.4, 0.5) is 16.2 Å².